The van der Waals surface area contributed by atoms with E-state index in [0.29, 0.717) is 18.9 Å². The molecule has 0 bridgehead atoms. The van der Waals surface area contributed by atoms with Crippen molar-refractivity contribution < 1.29 is 9.59 Å². The molecule has 2 amide bonds. The van der Waals surface area contributed by atoms with Crippen LogP contribution in [0.2, 0.25) is 0 Å². The molecule has 1 aromatic rings. The highest BCUT2D eigenvalue weighted by Gasteiger charge is 2.37. The Morgan fingerprint density at radius 3 is 2.67 bits per heavy atom. The predicted octanol–water partition coefficient (Wildman–Crippen LogP) is 2.31. The lowest BCUT2D eigenvalue weighted by Gasteiger charge is -2.16. The first-order chi connectivity index (χ1) is 10.1. The number of carbonyl (C=O) groups excluding carboxylic acids is 2. The van der Waals surface area contributed by atoms with Crippen molar-refractivity contribution in [1.29, 1.82) is 0 Å². The van der Waals surface area contributed by atoms with E-state index in [1.54, 1.807) is 0 Å². The Bertz CT molecular complexity index is 487. The van der Waals surface area contributed by atoms with Crippen molar-refractivity contribution in [2.24, 2.45) is 0 Å². The first-order valence-electron chi connectivity index (χ1n) is 7.76. The van der Waals surface area contributed by atoms with E-state index in [9.17, 15) is 9.59 Å². The molecule has 1 aromatic carbocycles. The van der Waals surface area contributed by atoms with Crippen LogP contribution in [-0.2, 0) is 9.59 Å². The molecular formula is C17H24N2O2. The Labute approximate surface area is 126 Å². The lowest BCUT2D eigenvalue weighted by molar-refractivity contribution is -0.138. The van der Waals surface area contributed by atoms with Gasteiger partial charge in [-0.3, -0.25) is 14.5 Å². The van der Waals surface area contributed by atoms with Crippen molar-refractivity contribution in [1.82, 2.24) is 10.2 Å². The van der Waals surface area contributed by atoms with Crippen molar-refractivity contribution in [3.63, 3.8) is 0 Å². The highest BCUT2D eigenvalue weighted by atomic mass is 16.2. The summed E-state index contributed by atoms with van der Waals surface area (Å²) in [6.07, 6.45) is 2.07. The van der Waals surface area contributed by atoms with Gasteiger partial charge in [-0.25, -0.2) is 0 Å². The number of nitrogens with one attached hydrogen (secondary N) is 1. The summed E-state index contributed by atoms with van der Waals surface area (Å²) in [5.41, 5.74) is 1.31. The first kappa shape index (κ1) is 15.7. The van der Waals surface area contributed by atoms with Crippen molar-refractivity contribution in [2.75, 3.05) is 13.1 Å². The van der Waals surface area contributed by atoms with Gasteiger partial charge in [0.2, 0.25) is 11.8 Å². The Morgan fingerprint density at radius 2 is 2.00 bits per heavy atom. The van der Waals surface area contributed by atoms with E-state index in [0.717, 1.165) is 19.4 Å². The number of hydrogen-bond acceptors (Lipinski definition) is 3. The second-order valence-electron chi connectivity index (χ2n) is 5.69. The molecule has 0 aromatic heterocycles. The molecule has 0 saturated carbocycles. The van der Waals surface area contributed by atoms with Crippen LogP contribution in [0.5, 0.6) is 0 Å². The van der Waals surface area contributed by atoms with E-state index in [1.165, 1.54) is 10.5 Å². The summed E-state index contributed by atoms with van der Waals surface area (Å²) in [6.45, 7) is 5.45. The Hall–Kier alpha value is -1.68. The fourth-order valence-electron chi connectivity index (χ4n) is 2.72. The number of rotatable bonds is 7. The highest BCUT2D eigenvalue weighted by Crippen LogP contribution is 2.18. The van der Waals surface area contributed by atoms with E-state index in [2.05, 4.69) is 24.4 Å². The largest absolute Gasteiger partial charge is 0.305 e. The van der Waals surface area contributed by atoms with Gasteiger partial charge in [0.1, 0.15) is 0 Å². The van der Waals surface area contributed by atoms with Crippen LogP contribution in [0.1, 0.15) is 44.6 Å². The molecule has 114 valence electrons. The molecule has 21 heavy (non-hydrogen) atoms. The third-order valence-electron chi connectivity index (χ3n) is 4.03. The summed E-state index contributed by atoms with van der Waals surface area (Å²) in [7, 11) is 0. The topological polar surface area (TPSA) is 49.4 Å². The number of nitrogens with zero attached hydrogens (tertiary/aromatic N) is 1. The van der Waals surface area contributed by atoms with Gasteiger partial charge < -0.3 is 5.32 Å². The van der Waals surface area contributed by atoms with Crippen LogP contribution >= 0.6 is 0 Å². The fraction of sp³-hybridized carbons (Fsp3) is 0.529. The second kappa shape index (κ2) is 7.36. The first-order valence-corrected chi connectivity index (χ1v) is 7.76. The molecule has 0 aliphatic carbocycles. The SMILES string of the molecule is CCCN1C(=O)CC(NCCC(C)c2ccccc2)C1=O. The monoisotopic (exact) mass is 288 g/mol. The predicted molar refractivity (Wildman–Crippen MR) is 82.9 cm³/mol. The number of benzene rings is 1. The minimum atomic E-state index is -0.327. The minimum Gasteiger partial charge on any atom is -0.305 e. The summed E-state index contributed by atoms with van der Waals surface area (Å²) >= 11 is 0. The maximum absolute atomic E-state index is 12.1. The van der Waals surface area contributed by atoms with E-state index >= 15 is 0 Å². The van der Waals surface area contributed by atoms with E-state index in [4.69, 9.17) is 0 Å². The zero-order chi connectivity index (χ0) is 15.2. The Kier molecular flexibility index (Phi) is 5.51. The minimum absolute atomic E-state index is 0.0459. The molecule has 0 spiro atoms. The molecule has 2 atom stereocenters. The van der Waals surface area contributed by atoms with Gasteiger partial charge in [0.25, 0.3) is 0 Å². The van der Waals surface area contributed by atoms with Gasteiger partial charge in [0.15, 0.2) is 0 Å². The average molecular weight is 288 g/mol. The van der Waals surface area contributed by atoms with Crippen LogP contribution < -0.4 is 5.32 Å². The van der Waals surface area contributed by atoms with Gasteiger partial charge in [-0.15, -0.1) is 0 Å². The molecular weight excluding hydrogens is 264 g/mol. The Balaban J connectivity index is 1.79. The smallest absolute Gasteiger partial charge is 0.246 e. The molecule has 0 radical (unpaired) electrons. The number of imide groups is 1. The number of amides is 2. The standard InChI is InChI=1S/C17H24N2O2/c1-3-11-19-16(20)12-15(17(19)21)18-10-9-13(2)14-7-5-4-6-8-14/h4-8,13,15,18H,3,9-12H2,1-2H3. The molecule has 1 saturated heterocycles. The molecule has 2 rings (SSSR count). The lowest BCUT2D eigenvalue weighted by Crippen LogP contribution is -2.39. The summed E-state index contributed by atoms with van der Waals surface area (Å²) in [5.74, 6) is 0.335. The van der Waals surface area contributed by atoms with E-state index < -0.39 is 0 Å². The van der Waals surface area contributed by atoms with Gasteiger partial charge in [-0.1, -0.05) is 44.2 Å². The van der Waals surface area contributed by atoms with Gasteiger partial charge in [0, 0.05) is 6.54 Å². The number of hydrogen-bond donors (Lipinski definition) is 1. The van der Waals surface area contributed by atoms with Gasteiger partial charge >= 0.3 is 0 Å². The quantitative estimate of drug-likeness (QED) is 0.783. The molecule has 1 aliphatic heterocycles. The van der Waals surface area contributed by atoms with Crippen molar-refractivity contribution in [2.45, 2.75) is 45.1 Å². The van der Waals surface area contributed by atoms with Crippen LogP contribution in [-0.4, -0.2) is 35.8 Å². The maximum atomic E-state index is 12.1. The average Bonchev–Trinajstić information content (AvgIpc) is 2.76. The molecule has 1 aliphatic rings. The lowest BCUT2D eigenvalue weighted by atomic mass is 9.98. The molecule has 1 heterocycles. The third kappa shape index (κ3) is 3.91. The zero-order valence-electron chi connectivity index (χ0n) is 12.8. The summed E-state index contributed by atoms with van der Waals surface area (Å²) in [6, 6.07) is 10.0. The number of carbonyl (C=O) groups is 2. The summed E-state index contributed by atoms with van der Waals surface area (Å²) < 4.78 is 0. The second-order valence-corrected chi connectivity index (χ2v) is 5.69. The summed E-state index contributed by atoms with van der Waals surface area (Å²) in [4.78, 5) is 25.2. The van der Waals surface area contributed by atoms with Crippen LogP contribution in [0.3, 0.4) is 0 Å². The van der Waals surface area contributed by atoms with Gasteiger partial charge in [-0.05, 0) is 30.9 Å². The normalized spacial score (nSPS) is 20.1. The fourth-order valence-corrected chi connectivity index (χ4v) is 2.72. The molecule has 4 nitrogen and oxygen atoms in total. The van der Waals surface area contributed by atoms with Gasteiger partial charge in [-0.2, -0.15) is 0 Å². The number of likely N-dealkylation sites (tertiary alicyclic amines) is 1. The molecule has 1 N–H and O–H groups in total. The maximum Gasteiger partial charge on any atom is 0.246 e. The van der Waals surface area contributed by atoms with Crippen LogP contribution in [0.25, 0.3) is 0 Å². The van der Waals surface area contributed by atoms with Crippen LogP contribution in [0.4, 0.5) is 0 Å². The summed E-state index contributed by atoms with van der Waals surface area (Å²) in [5, 5.41) is 3.24. The molecule has 1 fully saturated rings. The van der Waals surface area contributed by atoms with Crippen LogP contribution in [0, 0.1) is 0 Å². The van der Waals surface area contributed by atoms with Crippen LogP contribution in [0.15, 0.2) is 30.3 Å². The third-order valence-corrected chi connectivity index (χ3v) is 4.03. The Morgan fingerprint density at radius 1 is 1.29 bits per heavy atom. The molecule has 4 heteroatoms. The van der Waals surface area contributed by atoms with Crippen molar-refractivity contribution in [3.8, 4) is 0 Å². The van der Waals surface area contributed by atoms with Crippen molar-refractivity contribution >= 4 is 11.8 Å². The molecule has 2 unspecified atom stereocenters. The van der Waals surface area contributed by atoms with E-state index in [1.807, 2.05) is 25.1 Å². The highest BCUT2D eigenvalue weighted by molar-refractivity contribution is 6.05. The zero-order valence-corrected chi connectivity index (χ0v) is 12.8. The van der Waals surface area contributed by atoms with Crippen molar-refractivity contribution in [3.05, 3.63) is 35.9 Å². The van der Waals surface area contributed by atoms with Gasteiger partial charge in [0.05, 0.1) is 12.5 Å². The van der Waals surface area contributed by atoms with E-state index in [-0.39, 0.29) is 17.9 Å².